The molecule has 1 N–H and O–H groups in total. The highest BCUT2D eigenvalue weighted by atomic mass is 35.5. The number of nitrogens with one attached hydrogen (secondary N) is 1. The lowest BCUT2D eigenvalue weighted by molar-refractivity contribution is 0.771. The third-order valence-electron chi connectivity index (χ3n) is 5.05. The monoisotopic (exact) mass is 406 g/mol. The zero-order chi connectivity index (χ0) is 20.7. The maximum absolute atomic E-state index is 12.6. The van der Waals surface area contributed by atoms with Crippen molar-refractivity contribution in [2.45, 2.75) is 20.8 Å². The lowest BCUT2D eigenvalue weighted by Gasteiger charge is -2.13. The molecule has 7 heteroatoms. The number of fused-ring (bicyclic) bond motifs is 1. The van der Waals surface area contributed by atoms with Crippen molar-refractivity contribution in [2.75, 3.05) is 0 Å². The van der Waals surface area contributed by atoms with Crippen LogP contribution in [0.5, 0.6) is 0 Å². The molecule has 2 aromatic carbocycles. The van der Waals surface area contributed by atoms with E-state index in [1.165, 1.54) is 6.21 Å². The number of aromatic amines is 1. The zero-order valence-electron chi connectivity index (χ0n) is 16.2. The minimum atomic E-state index is -0.579. The molecule has 0 aliphatic rings. The largest absolute Gasteiger partial charge is 0.349 e. The van der Waals surface area contributed by atoms with Crippen molar-refractivity contribution in [3.05, 3.63) is 96.9 Å². The molecule has 0 saturated carbocycles. The van der Waals surface area contributed by atoms with Gasteiger partial charge in [-0.05, 0) is 56.7 Å². The molecule has 0 bridgehead atoms. The molecule has 0 spiro atoms. The second kappa shape index (κ2) is 7.22. The molecule has 4 rings (SSSR count). The summed E-state index contributed by atoms with van der Waals surface area (Å²) in [5.74, 6) is 0. The van der Waals surface area contributed by atoms with Gasteiger partial charge in [-0.25, -0.2) is 4.79 Å². The van der Waals surface area contributed by atoms with Gasteiger partial charge in [0.25, 0.3) is 5.56 Å². The molecular weight excluding hydrogens is 388 g/mol. The Labute approximate surface area is 171 Å². The molecule has 0 fully saturated rings. The van der Waals surface area contributed by atoms with Crippen LogP contribution in [0.3, 0.4) is 0 Å². The zero-order valence-corrected chi connectivity index (χ0v) is 17.0. The van der Waals surface area contributed by atoms with Crippen molar-refractivity contribution in [1.82, 2.24) is 14.2 Å². The van der Waals surface area contributed by atoms with Crippen molar-refractivity contribution < 1.29 is 0 Å². The van der Waals surface area contributed by atoms with E-state index >= 15 is 0 Å². The van der Waals surface area contributed by atoms with Crippen LogP contribution in [0.4, 0.5) is 0 Å². The number of aromatic nitrogens is 3. The summed E-state index contributed by atoms with van der Waals surface area (Å²) in [6.45, 7) is 5.92. The highest BCUT2D eigenvalue weighted by Gasteiger charge is 2.13. The number of nitrogens with zero attached hydrogens (tertiary/aromatic N) is 3. The first-order valence-electron chi connectivity index (χ1n) is 9.11. The smallest absolute Gasteiger partial charge is 0.318 e. The van der Waals surface area contributed by atoms with Gasteiger partial charge in [-0.3, -0.25) is 4.79 Å². The Hall–Kier alpha value is -3.38. The fourth-order valence-electron chi connectivity index (χ4n) is 3.51. The van der Waals surface area contributed by atoms with Crippen LogP contribution in [0, 0.1) is 20.8 Å². The molecule has 2 aromatic heterocycles. The molecule has 0 radical (unpaired) electrons. The Morgan fingerprint density at radius 1 is 1.03 bits per heavy atom. The van der Waals surface area contributed by atoms with E-state index in [0.717, 1.165) is 32.9 Å². The van der Waals surface area contributed by atoms with Crippen LogP contribution in [-0.4, -0.2) is 20.4 Å². The number of benzene rings is 2. The number of rotatable bonds is 3. The Kier molecular flexibility index (Phi) is 4.72. The summed E-state index contributed by atoms with van der Waals surface area (Å²) >= 11 is 6.28. The fourth-order valence-corrected chi connectivity index (χ4v) is 3.67. The van der Waals surface area contributed by atoms with Crippen LogP contribution in [0.15, 0.2) is 63.2 Å². The van der Waals surface area contributed by atoms with E-state index in [1.54, 1.807) is 24.3 Å². The molecule has 0 aliphatic carbocycles. The number of aryl methyl sites for hydroxylation is 1. The number of para-hydroxylation sites is 1. The molecule has 0 atom stereocenters. The van der Waals surface area contributed by atoms with Crippen LogP contribution in [-0.2, 0) is 0 Å². The topological polar surface area (TPSA) is 72.2 Å². The highest BCUT2D eigenvalue weighted by Crippen LogP contribution is 2.26. The summed E-state index contributed by atoms with van der Waals surface area (Å²) in [5.41, 5.74) is 4.14. The highest BCUT2D eigenvalue weighted by molar-refractivity contribution is 6.31. The maximum Gasteiger partial charge on any atom is 0.349 e. The first kappa shape index (κ1) is 19.0. The number of hydrogen-bond donors (Lipinski definition) is 1. The van der Waals surface area contributed by atoms with Crippen LogP contribution in [0.1, 0.15) is 22.5 Å². The molecule has 2 heterocycles. The Bertz CT molecular complexity index is 1390. The third-order valence-corrected chi connectivity index (χ3v) is 5.46. The minimum absolute atomic E-state index is 0.407. The van der Waals surface area contributed by atoms with E-state index in [9.17, 15) is 9.59 Å². The van der Waals surface area contributed by atoms with Gasteiger partial charge in [-0.1, -0.05) is 29.8 Å². The molecular formula is C22H19ClN4O2. The van der Waals surface area contributed by atoms with Gasteiger partial charge >= 0.3 is 5.69 Å². The lowest BCUT2D eigenvalue weighted by Crippen LogP contribution is -2.32. The number of hydrogen-bond acceptors (Lipinski definition) is 3. The quantitative estimate of drug-likeness (QED) is 0.523. The van der Waals surface area contributed by atoms with E-state index in [2.05, 4.69) is 14.7 Å². The molecule has 146 valence electrons. The standard InChI is InChI=1S/C22H19ClN4O2/c1-13-11-16(15(3)26(13)20-10-6-8-18(23)14(20)2)12-24-27-21(28)17-7-4-5-9-19(17)25-22(27)29/h4-12H,1-3H3,(H,25,29). The SMILES string of the molecule is Cc1c(Cl)cccc1-n1c(C)cc(C=Nn2c(=O)[nH]c3ccccc3c2=O)c1C. The van der Waals surface area contributed by atoms with Gasteiger partial charge in [0.2, 0.25) is 0 Å². The van der Waals surface area contributed by atoms with Crippen molar-refractivity contribution >= 4 is 28.7 Å². The second-order valence-corrected chi connectivity index (χ2v) is 7.29. The normalized spacial score (nSPS) is 11.6. The average Bonchev–Trinajstić information content (AvgIpc) is 2.97. The van der Waals surface area contributed by atoms with Gasteiger partial charge < -0.3 is 9.55 Å². The Balaban J connectivity index is 1.82. The van der Waals surface area contributed by atoms with Crippen molar-refractivity contribution in [1.29, 1.82) is 0 Å². The summed E-state index contributed by atoms with van der Waals surface area (Å²) in [5, 5.41) is 5.27. The van der Waals surface area contributed by atoms with E-state index < -0.39 is 11.2 Å². The predicted molar refractivity (Wildman–Crippen MR) is 117 cm³/mol. The van der Waals surface area contributed by atoms with Gasteiger partial charge in [0.1, 0.15) is 0 Å². The minimum Gasteiger partial charge on any atom is -0.318 e. The van der Waals surface area contributed by atoms with Gasteiger partial charge in [-0.15, -0.1) is 4.68 Å². The van der Waals surface area contributed by atoms with Crippen LogP contribution >= 0.6 is 11.6 Å². The Morgan fingerprint density at radius 2 is 1.79 bits per heavy atom. The molecule has 29 heavy (non-hydrogen) atoms. The van der Waals surface area contributed by atoms with Gasteiger partial charge in [0, 0.05) is 27.7 Å². The summed E-state index contributed by atoms with van der Waals surface area (Å²) in [6.07, 6.45) is 1.53. The second-order valence-electron chi connectivity index (χ2n) is 6.88. The van der Waals surface area contributed by atoms with Gasteiger partial charge in [0.15, 0.2) is 0 Å². The third kappa shape index (κ3) is 3.21. The van der Waals surface area contributed by atoms with Crippen LogP contribution in [0.2, 0.25) is 5.02 Å². The predicted octanol–water partition coefficient (Wildman–Crippen LogP) is 3.94. The van der Waals surface area contributed by atoms with E-state index in [-0.39, 0.29) is 0 Å². The first-order valence-corrected chi connectivity index (χ1v) is 9.49. The Morgan fingerprint density at radius 3 is 2.59 bits per heavy atom. The van der Waals surface area contributed by atoms with Gasteiger partial charge in [-0.2, -0.15) is 5.10 Å². The van der Waals surface area contributed by atoms with E-state index in [1.807, 2.05) is 45.0 Å². The van der Waals surface area contributed by atoms with Crippen molar-refractivity contribution in [3.8, 4) is 5.69 Å². The van der Waals surface area contributed by atoms with Crippen LogP contribution in [0.25, 0.3) is 16.6 Å². The van der Waals surface area contributed by atoms with E-state index in [0.29, 0.717) is 15.9 Å². The number of H-pyrrole nitrogens is 1. The molecule has 0 saturated heterocycles. The van der Waals surface area contributed by atoms with E-state index in [4.69, 9.17) is 11.6 Å². The maximum atomic E-state index is 12.6. The summed E-state index contributed by atoms with van der Waals surface area (Å²) < 4.78 is 2.93. The van der Waals surface area contributed by atoms with Gasteiger partial charge in [0.05, 0.1) is 17.1 Å². The summed E-state index contributed by atoms with van der Waals surface area (Å²) in [4.78, 5) is 27.6. The molecule has 0 amide bonds. The van der Waals surface area contributed by atoms with Crippen molar-refractivity contribution in [2.24, 2.45) is 5.10 Å². The average molecular weight is 407 g/mol. The lowest BCUT2D eigenvalue weighted by atomic mass is 10.2. The number of halogens is 1. The van der Waals surface area contributed by atoms with Crippen LogP contribution < -0.4 is 11.2 Å². The first-order chi connectivity index (χ1) is 13.9. The fraction of sp³-hybridized carbons (Fsp3) is 0.136. The molecule has 0 unspecified atom stereocenters. The van der Waals surface area contributed by atoms with Crippen molar-refractivity contribution in [3.63, 3.8) is 0 Å². The molecule has 4 aromatic rings. The summed E-state index contributed by atoms with van der Waals surface area (Å²) in [7, 11) is 0. The summed E-state index contributed by atoms with van der Waals surface area (Å²) in [6, 6.07) is 14.6. The molecule has 0 aliphatic heterocycles. The molecule has 6 nitrogen and oxygen atoms in total.